The summed E-state index contributed by atoms with van der Waals surface area (Å²) in [6.07, 6.45) is 3.81. The van der Waals surface area contributed by atoms with Crippen LogP contribution in [0.1, 0.15) is 48.4 Å². The van der Waals surface area contributed by atoms with Crippen molar-refractivity contribution in [3.63, 3.8) is 0 Å². The molecule has 17 heavy (non-hydrogen) atoms. The van der Waals surface area contributed by atoms with Gasteiger partial charge in [0.25, 0.3) is 0 Å². The largest absolute Gasteiger partial charge is 0.393 e. The highest BCUT2D eigenvalue weighted by atomic mass is 16.3. The van der Waals surface area contributed by atoms with E-state index in [1.807, 2.05) is 0 Å². The zero-order chi connectivity index (χ0) is 12.4. The van der Waals surface area contributed by atoms with Crippen molar-refractivity contribution in [2.75, 3.05) is 0 Å². The van der Waals surface area contributed by atoms with Crippen LogP contribution in [0.25, 0.3) is 0 Å². The molecule has 1 aliphatic carbocycles. The summed E-state index contributed by atoms with van der Waals surface area (Å²) >= 11 is 0. The SMILES string of the molecule is Cc1ccc(C)c(C(N)C2CCC(O)CC2)c1. The third-order valence-electron chi connectivity index (χ3n) is 4.04. The lowest BCUT2D eigenvalue weighted by atomic mass is 9.79. The predicted octanol–water partition coefficient (Wildman–Crippen LogP) is 2.85. The molecule has 1 aromatic rings. The van der Waals surface area contributed by atoms with Gasteiger partial charge in [-0.25, -0.2) is 0 Å². The van der Waals surface area contributed by atoms with Crippen LogP contribution in [-0.2, 0) is 0 Å². The van der Waals surface area contributed by atoms with Crippen molar-refractivity contribution < 1.29 is 5.11 Å². The maximum Gasteiger partial charge on any atom is 0.0540 e. The molecule has 0 spiro atoms. The first kappa shape index (κ1) is 12.6. The summed E-state index contributed by atoms with van der Waals surface area (Å²) in [6, 6.07) is 6.63. The third-order valence-corrected chi connectivity index (χ3v) is 4.04. The van der Waals surface area contributed by atoms with Gasteiger partial charge >= 0.3 is 0 Å². The molecule has 0 heterocycles. The highest BCUT2D eigenvalue weighted by Crippen LogP contribution is 2.34. The first-order valence-corrected chi connectivity index (χ1v) is 6.58. The number of hydrogen-bond acceptors (Lipinski definition) is 2. The molecule has 0 bridgehead atoms. The van der Waals surface area contributed by atoms with Crippen LogP contribution in [0, 0.1) is 19.8 Å². The van der Waals surface area contributed by atoms with Crippen LogP contribution in [0.5, 0.6) is 0 Å². The van der Waals surface area contributed by atoms with E-state index in [2.05, 4.69) is 32.0 Å². The van der Waals surface area contributed by atoms with E-state index >= 15 is 0 Å². The van der Waals surface area contributed by atoms with Crippen LogP contribution < -0.4 is 5.73 Å². The second kappa shape index (κ2) is 5.19. The van der Waals surface area contributed by atoms with Gasteiger partial charge in [-0.05, 0) is 56.6 Å². The molecule has 1 atom stereocenters. The van der Waals surface area contributed by atoms with Crippen LogP contribution >= 0.6 is 0 Å². The summed E-state index contributed by atoms with van der Waals surface area (Å²) in [6.45, 7) is 4.24. The van der Waals surface area contributed by atoms with Crippen LogP contribution in [-0.4, -0.2) is 11.2 Å². The minimum absolute atomic E-state index is 0.0999. The Balaban J connectivity index is 2.13. The van der Waals surface area contributed by atoms with E-state index in [1.165, 1.54) is 16.7 Å². The zero-order valence-electron chi connectivity index (χ0n) is 10.8. The molecule has 0 aliphatic heterocycles. The number of nitrogens with two attached hydrogens (primary N) is 1. The highest BCUT2D eigenvalue weighted by Gasteiger charge is 2.26. The lowest BCUT2D eigenvalue weighted by Crippen LogP contribution is -2.28. The first-order chi connectivity index (χ1) is 8.08. The van der Waals surface area contributed by atoms with Crippen molar-refractivity contribution in [2.24, 2.45) is 11.7 Å². The highest BCUT2D eigenvalue weighted by molar-refractivity contribution is 5.33. The van der Waals surface area contributed by atoms with E-state index in [-0.39, 0.29) is 12.1 Å². The molecule has 1 saturated carbocycles. The van der Waals surface area contributed by atoms with Gasteiger partial charge in [0.1, 0.15) is 0 Å². The Morgan fingerprint density at radius 1 is 1.18 bits per heavy atom. The van der Waals surface area contributed by atoms with Crippen LogP contribution in [0.2, 0.25) is 0 Å². The van der Waals surface area contributed by atoms with E-state index in [4.69, 9.17) is 5.73 Å². The summed E-state index contributed by atoms with van der Waals surface area (Å²) in [5.41, 5.74) is 10.2. The second-order valence-electron chi connectivity index (χ2n) is 5.45. The number of aliphatic hydroxyl groups excluding tert-OH is 1. The number of hydrogen-bond donors (Lipinski definition) is 2. The van der Waals surface area contributed by atoms with E-state index < -0.39 is 0 Å². The Kier molecular flexibility index (Phi) is 3.85. The Morgan fingerprint density at radius 2 is 1.82 bits per heavy atom. The van der Waals surface area contributed by atoms with Gasteiger partial charge in [0.2, 0.25) is 0 Å². The molecule has 0 aromatic heterocycles. The van der Waals surface area contributed by atoms with Crippen molar-refractivity contribution in [1.82, 2.24) is 0 Å². The smallest absolute Gasteiger partial charge is 0.0540 e. The molecule has 2 rings (SSSR count). The molecule has 2 heteroatoms. The Labute approximate surface area is 104 Å². The Hall–Kier alpha value is -0.860. The summed E-state index contributed by atoms with van der Waals surface area (Å²) < 4.78 is 0. The van der Waals surface area contributed by atoms with Crippen molar-refractivity contribution in [2.45, 2.75) is 51.7 Å². The Morgan fingerprint density at radius 3 is 2.47 bits per heavy atom. The van der Waals surface area contributed by atoms with E-state index in [0.29, 0.717) is 5.92 Å². The normalized spacial score (nSPS) is 26.8. The molecule has 1 aliphatic rings. The molecular formula is C15H23NO. The minimum atomic E-state index is -0.0999. The van der Waals surface area contributed by atoms with Crippen molar-refractivity contribution in [3.05, 3.63) is 34.9 Å². The summed E-state index contributed by atoms with van der Waals surface area (Å²) in [4.78, 5) is 0. The van der Waals surface area contributed by atoms with Gasteiger partial charge in [0.05, 0.1) is 6.10 Å². The summed E-state index contributed by atoms with van der Waals surface area (Å²) in [5, 5.41) is 9.54. The predicted molar refractivity (Wildman–Crippen MR) is 70.8 cm³/mol. The zero-order valence-corrected chi connectivity index (χ0v) is 10.8. The summed E-state index contributed by atoms with van der Waals surface area (Å²) in [5.74, 6) is 0.527. The lowest BCUT2D eigenvalue weighted by Gasteiger charge is -2.31. The molecular weight excluding hydrogens is 210 g/mol. The number of rotatable bonds is 2. The van der Waals surface area contributed by atoms with Gasteiger partial charge in [-0.1, -0.05) is 23.8 Å². The van der Waals surface area contributed by atoms with Gasteiger partial charge in [-0.2, -0.15) is 0 Å². The quantitative estimate of drug-likeness (QED) is 0.825. The summed E-state index contributed by atoms with van der Waals surface area (Å²) in [7, 11) is 0. The second-order valence-corrected chi connectivity index (χ2v) is 5.45. The van der Waals surface area contributed by atoms with Gasteiger partial charge in [0, 0.05) is 6.04 Å². The van der Waals surface area contributed by atoms with Crippen molar-refractivity contribution in [1.29, 1.82) is 0 Å². The van der Waals surface area contributed by atoms with Crippen LogP contribution in [0.3, 0.4) is 0 Å². The fraction of sp³-hybridized carbons (Fsp3) is 0.600. The lowest BCUT2D eigenvalue weighted by molar-refractivity contribution is 0.102. The molecule has 2 nitrogen and oxygen atoms in total. The number of benzene rings is 1. The van der Waals surface area contributed by atoms with E-state index in [1.54, 1.807) is 0 Å². The van der Waals surface area contributed by atoms with E-state index in [9.17, 15) is 5.11 Å². The molecule has 0 saturated heterocycles. The topological polar surface area (TPSA) is 46.2 Å². The van der Waals surface area contributed by atoms with Crippen molar-refractivity contribution in [3.8, 4) is 0 Å². The maximum absolute atomic E-state index is 9.54. The Bertz CT molecular complexity index is 381. The minimum Gasteiger partial charge on any atom is -0.393 e. The van der Waals surface area contributed by atoms with Gasteiger partial charge in [0.15, 0.2) is 0 Å². The molecule has 0 radical (unpaired) electrons. The standard InChI is InChI=1S/C15H23NO/c1-10-3-4-11(2)14(9-10)15(16)12-5-7-13(17)8-6-12/h3-4,9,12-13,15,17H,5-8,16H2,1-2H3. The fourth-order valence-electron chi connectivity index (χ4n) is 2.83. The molecule has 3 N–H and O–H groups in total. The molecule has 0 amide bonds. The fourth-order valence-corrected chi connectivity index (χ4v) is 2.83. The average Bonchev–Trinajstić information content (AvgIpc) is 2.32. The maximum atomic E-state index is 9.54. The van der Waals surface area contributed by atoms with Crippen LogP contribution in [0.15, 0.2) is 18.2 Å². The number of aryl methyl sites for hydroxylation is 2. The molecule has 1 aromatic carbocycles. The van der Waals surface area contributed by atoms with Crippen molar-refractivity contribution >= 4 is 0 Å². The number of aliphatic hydroxyl groups is 1. The van der Waals surface area contributed by atoms with Gasteiger partial charge < -0.3 is 10.8 Å². The molecule has 1 unspecified atom stereocenters. The van der Waals surface area contributed by atoms with Crippen LogP contribution in [0.4, 0.5) is 0 Å². The van der Waals surface area contributed by atoms with E-state index in [0.717, 1.165) is 25.7 Å². The monoisotopic (exact) mass is 233 g/mol. The molecule has 94 valence electrons. The average molecular weight is 233 g/mol. The first-order valence-electron chi connectivity index (χ1n) is 6.58. The van der Waals surface area contributed by atoms with Gasteiger partial charge in [-0.3, -0.25) is 0 Å². The molecule has 1 fully saturated rings. The third kappa shape index (κ3) is 2.88. The van der Waals surface area contributed by atoms with Gasteiger partial charge in [-0.15, -0.1) is 0 Å².